The number of halogens is 2. The third-order valence-electron chi connectivity index (χ3n) is 2.48. The predicted molar refractivity (Wildman–Crippen MR) is 63.4 cm³/mol. The Labute approximate surface area is 97.8 Å². The zero-order chi connectivity index (χ0) is 11.7. The molecule has 1 heterocycles. The number of amidine groups is 1. The largest absolute Gasteiger partial charge is 0.386 e. The highest BCUT2D eigenvalue weighted by atomic mass is 35.5. The van der Waals surface area contributed by atoms with Crippen molar-refractivity contribution < 1.29 is 4.39 Å². The van der Waals surface area contributed by atoms with E-state index < -0.39 is 0 Å². The van der Waals surface area contributed by atoms with Gasteiger partial charge in [0.1, 0.15) is 11.7 Å². The van der Waals surface area contributed by atoms with Gasteiger partial charge in [-0.3, -0.25) is 0 Å². The first kappa shape index (κ1) is 11.1. The lowest BCUT2D eigenvalue weighted by molar-refractivity contribution is 0.627. The quantitative estimate of drug-likeness (QED) is 0.805. The van der Waals surface area contributed by atoms with Gasteiger partial charge in [0.15, 0.2) is 0 Å². The van der Waals surface area contributed by atoms with E-state index in [2.05, 4.69) is 10.2 Å². The molecule has 16 heavy (non-hydrogen) atoms. The Morgan fingerprint density at radius 2 is 2.19 bits per heavy atom. The van der Waals surface area contributed by atoms with Crippen LogP contribution in [0.1, 0.15) is 18.9 Å². The Morgan fingerprint density at radius 1 is 1.44 bits per heavy atom. The highest BCUT2D eigenvalue weighted by Gasteiger charge is 2.20. The van der Waals surface area contributed by atoms with Crippen LogP contribution in [-0.4, -0.2) is 11.5 Å². The summed E-state index contributed by atoms with van der Waals surface area (Å²) in [6, 6.07) is 4.25. The number of nitrogens with two attached hydrogens (primary N) is 1. The number of nitrogens with zero attached hydrogens (tertiary/aromatic N) is 2. The summed E-state index contributed by atoms with van der Waals surface area (Å²) >= 11 is 5.96. The molecule has 0 spiro atoms. The molecular formula is C11H11ClFN3. The molecule has 1 atom stereocenters. The Balaban J connectivity index is 2.44. The summed E-state index contributed by atoms with van der Waals surface area (Å²) in [4.78, 5) is 0. The second kappa shape index (κ2) is 4.22. The zero-order valence-corrected chi connectivity index (χ0v) is 9.50. The second-order valence-electron chi connectivity index (χ2n) is 3.81. The maximum absolute atomic E-state index is 12.9. The van der Waals surface area contributed by atoms with Gasteiger partial charge in [0.2, 0.25) is 0 Å². The molecule has 3 nitrogen and oxygen atoms in total. The fourth-order valence-corrected chi connectivity index (χ4v) is 1.95. The third-order valence-corrected chi connectivity index (χ3v) is 2.79. The van der Waals surface area contributed by atoms with Gasteiger partial charge in [-0.25, -0.2) is 4.39 Å². The van der Waals surface area contributed by atoms with Gasteiger partial charge in [0.05, 0.1) is 10.7 Å². The molecule has 0 saturated heterocycles. The van der Waals surface area contributed by atoms with Gasteiger partial charge in [-0.05, 0) is 18.2 Å². The summed E-state index contributed by atoms with van der Waals surface area (Å²) in [5, 5.41) is 8.20. The molecule has 5 heteroatoms. The standard InChI is InChI=1S/C11H11ClFN3/c1-6-4-10(14)15-16-11(6)8-3-2-7(13)5-9(8)12/h2-3,5-6H,4H2,1H3,(H2,14,15). The van der Waals surface area contributed by atoms with Crippen LogP contribution in [0.25, 0.3) is 0 Å². The summed E-state index contributed by atoms with van der Waals surface area (Å²) in [6.07, 6.45) is 0.645. The molecule has 1 aliphatic heterocycles. The molecule has 0 radical (unpaired) electrons. The first-order valence-electron chi connectivity index (χ1n) is 4.93. The summed E-state index contributed by atoms with van der Waals surface area (Å²) in [7, 11) is 0. The highest BCUT2D eigenvalue weighted by Crippen LogP contribution is 2.24. The molecule has 0 fully saturated rings. The van der Waals surface area contributed by atoms with Crippen LogP contribution in [0.2, 0.25) is 5.02 Å². The molecule has 2 N–H and O–H groups in total. The lowest BCUT2D eigenvalue weighted by Crippen LogP contribution is -2.25. The van der Waals surface area contributed by atoms with Crippen LogP contribution in [0.3, 0.4) is 0 Å². The van der Waals surface area contributed by atoms with E-state index in [1.165, 1.54) is 12.1 Å². The van der Waals surface area contributed by atoms with Gasteiger partial charge in [-0.1, -0.05) is 18.5 Å². The number of rotatable bonds is 1. The van der Waals surface area contributed by atoms with Gasteiger partial charge in [-0.2, -0.15) is 5.10 Å². The lowest BCUT2D eigenvalue weighted by Gasteiger charge is -2.18. The number of hydrogen-bond donors (Lipinski definition) is 1. The summed E-state index contributed by atoms with van der Waals surface area (Å²) < 4.78 is 12.9. The molecule has 84 valence electrons. The molecule has 0 aliphatic carbocycles. The van der Waals surface area contributed by atoms with Crippen molar-refractivity contribution in [2.24, 2.45) is 21.9 Å². The van der Waals surface area contributed by atoms with Crippen molar-refractivity contribution in [1.82, 2.24) is 0 Å². The van der Waals surface area contributed by atoms with Crippen LogP contribution in [0.4, 0.5) is 4.39 Å². The summed E-state index contributed by atoms with van der Waals surface area (Å²) in [5.41, 5.74) is 7.04. The van der Waals surface area contributed by atoms with Crippen molar-refractivity contribution in [2.75, 3.05) is 0 Å². The first-order chi connectivity index (χ1) is 7.58. The smallest absolute Gasteiger partial charge is 0.124 e. The van der Waals surface area contributed by atoms with Crippen LogP contribution in [0.5, 0.6) is 0 Å². The van der Waals surface area contributed by atoms with E-state index in [1.807, 2.05) is 6.92 Å². The van der Waals surface area contributed by atoms with Gasteiger partial charge in [0.25, 0.3) is 0 Å². The van der Waals surface area contributed by atoms with Crippen LogP contribution in [0.15, 0.2) is 28.4 Å². The molecule has 0 amide bonds. The van der Waals surface area contributed by atoms with Gasteiger partial charge >= 0.3 is 0 Å². The zero-order valence-electron chi connectivity index (χ0n) is 8.74. The van der Waals surface area contributed by atoms with E-state index in [0.717, 1.165) is 5.71 Å². The van der Waals surface area contributed by atoms with Crippen molar-refractivity contribution in [2.45, 2.75) is 13.3 Å². The van der Waals surface area contributed by atoms with E-state index in [0.29, 0.717) is 22.8 Å². The van der Waals surface area contributed by atoms with Crippen LogP contribution >= 0.6 is 11.6 Å². The molecule has 1 unspecified atom stereocenters. The fraction of sp³-hybridized carbons (Fsp3) is 0.273. The van der Waals surface area contributed by atoms with Gasteiger partial charge in [-0.15, -0.1) is 5.10 Å². The Kier molecular flexibility index (Phi) is 2.92. The first-order valence-corrected chi connectivity index (χ1v) is 5.31. The maximum atomic E-state index is 12.9. The number of benzene rings is 1. The van der Waals surface area contributed by atoms with Crippen molar-refractivity contribution in [3.63, 3.8) is 0 Å². The molecule has 1 aliphatic rings. The maximum Gasteiger partial charge on any atom is 0.124 e. The predicted octanol–water partition coefficient (Wildman–Crippen LogP) is 2.58. The third kappa shape index (κ3) is 2.07. The Morgan fingerprint density at radius 3 is 2.81 bits per heavy atom. The van der Waals surface area contributed by atoms with Gasteiger partial charge < -0.3 is 5.73 Å². The van der Waals surface area contributed by atoms with Crippen LogP contribution in [0, 0.1) is 11.7 Å². The lowest BCUT2D eigenvalue weighted by atomic mass is 9.94. The normalized spacial score (nSPS) is 20.3. The summed E-state index contributed by atoms with van der Waals surface area (Å²) in [5.74, 6) is 0.288. The summed E-state index contributed by atoms with van der Waals surface area (Å²) in [6.45, 7) is 1.99. The van der Waals surface area contributed by atoms with E-state index in [4.69, 9.17) is 17.3 Å². The average Bonchev–Trinajstić information content (AvgIpc) is 2.19. The van der Waals surface area contributed by atoms with E-state index in [1.54, 1.807) is 6.07 Å². The van der Waals surface area contributed by atoms with E-state index in [9.17, 15) is 4.39 Å². The molecule has 1 aromatic rings. The van der Waals surface area contributed by atoms with Crippen molar-refractivity contribution in [1.29, 1.82) is 0 Å². The number of hydrogen-bond acceptors (Lipinski definition) is 3. The second-order valence-corrected chi connectivity index (χ2v) is 4.21. The van der Waals surface area contributed by atoms with Gasteiger partial charge in [0, 0.05) is 17.9 Å². The molecule has 0 saturated carbocycles. The van der Waals surface area contributed by atoms with Crippen LogP contribution in [-0.2, 0) is 0 Å². The molecule has 0 bridgehead atoms. The van der Waals surface area contributed by atoms with Crippen LogP contribution < -0.4 is 5.73 Å². The molecule has 0 aromatic heterocycles. The molecule has 2 rings (SSSR count). The Hall–Kier alpha value is -1.42. The Bertz CT molecular complexity index is 482. The molecular weight excluding hydrogens is 229 g/mol. The topological polar surface area (TPSA) is 50.7 Å². The van der Waals surface area contributed by atoms with E-state index >= 15 is 0 Å². The monoisotopic (exact) mass is 239 g/mol. The van der Waals surface area contributed by atoms with E-state index in [-0.39, 0.29) is 11.7 Å². The fourth-order valence-electron chi connectivity index (χ4n) is 1.68. The highest BCUT2D eigenvalue weighted by molar-refractivity contribution is 6.34. The SMILES string of the molecule is CC1CC(N)=NN=C1c1ccc(F)cc1Cl. The van der Waals surface area contributed by atoms with Crippen molar-refractivity contribution in [3.8, 4) is 0 Å². The average molecular weight is 240 g/mol. The minimum Gasteiger partial charge on any atom is -0.386 e. The van der Waals surface area contributed by atoms with Crippen molar-refractivity contribution >= 4 is 23.1 Å². The molecule has 1 aromatic carbocycles. The minimum atomic E-state index is -0.360. The minimum absolute atomic E-state index is 0.139. The van der Waals surface area contributed by atoms with Crippen molar-refractivity contribution in [3.05, 3.63) is 34.6 Å².